The summed E-state index contributed by atoms with van der Waals surface area (Å²) in [7, 11) is 1.70. The average molecular weight is 519 g/mol. The Hall–Kier alpha value is -4.98. The minimum atomic E-state index is -0.907. The van der Waals surface area contributed by atoms with Gasteiger partial charge in [0.1, 0.15) is 11.7 Å². The smallest absolute Gasteiger partial charge is 0.270 e. The molecule has 8 nitrogen and oxygen atoms in total. The number of H-pyrrole nitrogens is 1. The van der Waals surface area contributed by atoms with Crippen molar-refractivity contribution >= 4 is 17.5 Å². The molecule has 0 bridgehead atoms. The van der Waals surface area contributed by atoms with Gasteiger partial charge in [0, 0.05) is 36.1 Å². The second kappa shape index (κ2) is 11.2. The number of aromatic nitrogens is 4. The highest BCUT2D eigenvalue weighted by molar-refractivity contribution is 6.01. The number of aryl methyl sites for hydroxylation is 3. The maximum absolute atomic E-state index is 13.9. The molecule has 39 heavy (non-hydrogen) atoms. The van der Waals surface area contributed by atoms with Gasteiger partial charge in [-0.15, -0.1) is 0 Å². The van der Waals surface area contributed by atoms with E-state index in [0.29, 0.717) is 11.4 Å². The zero-order valence-corrected chi connectivity index (χ0v) is 22.1. The zero-order valence-electron chi connectivity index (χ0n) is 22.1. The summed E-state index contributed by atoms with van der Waals surface area (Å²) in [6, 6.07) is 27.8. The number of carbonyl (C=O) groups is 2. The molecule has 196 valence electrons. The Kier molecular flexibility index (Phi) is 7.36. The SMILES string of the molecule is Cc1n[nH]c(C)c1-c1ccc(NC(=O)[C@@H](NC(=O)c2ccnn2C)C(c2ccccc2)c2ccccc2)cc1. The lowest BCUT2D eigenvalue weighted by molar-refractivity contribution is -0.118. The molecule has 0 spiro atoms. The van der Waals surface area contributed by atoms with E-state index in [1.165, 1.54) is 4.68 Å². The fourth-order valence-corrected chi connectivity index (χ4v) is 4.93. The van der Waals surface area contributed by atoms with Gasteiger partial charge in [0.15, 0.2) is 0 Å². The lowest BCUT2D eigenvalue weighted by atomic mass is 9.84. The highest BCUT2D eigenvalue weighted by atomic mass is 16.2. The van der Waals surface area contributed by atoms with Gasteiger partial charge < -0.3 is 10.6 Å². The third-order valence-electron chi connectivity index (χ3n) is 6.84. The first-order valence-electron chi connectivity index (χ1n) is 12.7. The molecule has 0 aliphatic rings. The molecule has 2 heterocycles. The molecule has 0 aliphatic carbocycles. The molecule has 0 aliphatic heterocycles. The molecule has 0 saturated heterocycles. The molecule has 5 aromatic rings. The van der Waals surface area contributed by atoms with Gasteiger partial charge >= 0.3 is 0 Å². The number of hydrogen-bond acceptors (Lipinski definition) is 4. The van der Waals surface area contributed by atoms with Crippen molar-refractivity contribution in [3.63, 3.8) is 0 Å². The molecular formula is C31H30N6O2. The maximum atomic E-state index is 13.9. The van der Waals surface area contributed by atoms with Gasteiger partial charge in [-0.2, -0.15) is 10.2 Å². The molecule has 8 heteroatoms. The molecular weight excluding hydrogens is 488 g/mol. The molecule has 5 rings (SSSR count). The molecule has 0 radical (unpaired) electrons. The Morgan fingerprint density at radius 3 is 1.97 bits per heavy atom. The van der Waals surface area contributed by atoms with E-state index in [1.807, 2.05) is 98.8 Å². The van der Waals surface area contributed by atoms with E-state index < -0.39 is 12.0 Å². The molecule has 0 saturated carbocycles. The van der Waals surface area contributed by atoms with Gasteiger partial charge in [0.2, 0.25) is 5.91 Å². The predicted molar refractivity (Wildman–Crippen MR) is 151 cm³/mol. The number of nitrogens with one attached hydrogen (secondary N) is 3. The summed E-state index contributed by atoms with van der Waals surface area (Å²) < 4.78 is 1.49. The van der Waals surface area contributed by atoms with E-state index in [1.54, 1.807) is 19.3 Å². The number of hydrogen-bond donors (Lipinski definition) is 3. The Morgan fingerprint density at radius 2 is 1.46 bits per heavy atom. The van der Waals surface area contributed by atoms with E-state index in [9.17, 15) is 9.59 Å². The maximum Gasteiger partial charge on any atom is 0.270 e. The summed E-state index contributed by atoms with van der Waals surface area (Å²) in [5.41, 5.74) is 6.76. The Bertz CT molecular complexity index is 1510. The summed E-state index contributed by atoms with van der Waals surface area (Å²) >= 11 is 0. The van der Waals surface area contributed by atoms with Crippen LogP contribution in [0.15, 0.2) is 97.2 Å². The van der Waals surface area contributed by atoms with Gasteiger partial charge in [0.25, 0.3) is 5.91 Å². The van der Waals surface area contributed by atoms with Gasteiger partial charge in [-0.3, -0.25) is 19.4 Å². The fourth-order valence-electron chi connectivity index (χ4n) is 4.93. The minimum Gasteiger partial charge on any atom is -0.338 e. The van der Waals surface area contributed by atoms with Gasteiger partial charge in [-0.05, 0) is 48.7 Å². The topological polar surface area (TPSA) is 105 Å². The number of rotatable bonds is 8. The highest BCUT2D eigenvalue weighted by Crippen LogP contribution is 2.30. The minimum absolute atomic E-state index is 0.327. The molecule has 3 N–H and O–H groups in total. The molecule has 0 fully saturated rings. The highest BCUT2D eigenvalue weighted by Gasteiger charge is 2.33. The predicted octanol–water partition coefficient (Wildman–Crippen LogP) is 5.00. The lowest BCUT2D eigenvalue weighted by Gasteiger charge is -2.28. The van der Waals surface area contributed by atoms with Crippen molar-refractivity contribution in [1.82, 2.24) is 25.3 Å². The average Bonchev–Trinajstić information content (AvgIpc) is 3.54. The molecule has 2 amide bonds. The van der Waals surface area contributed by atoms with Crippen LogP contribution in [0.2, 0.25) is 0 Å². The van der Waals surface area contributed by atoms with Crippen LogP contribution in [0.3, 0.4) is 0 Å². The molecule has 3 aromatic carbocycles. The van der Waals surface area contributed by atoms with Crippen molar-refractivity contribution in [2.45, 2.75) is 25.8 Å². The lowest BCUT2D eigenvalue weighted by Crippen LogP contribution is -2.48. The summed E-state index contributed by atoms with van der Waals surface area (Å²) in [5.74, 6) is -1.14. The van der Waals surface area contributed by atoms with Gasteiger partial charge in [-0.1, -0.05) is 72.8 Å². The fraction of sp³-hybridized carbons (Fsp3) is 0.161. The number of benzene rings is 3. The van der Waals surface area contributed by atoms with Gasteiger partial charge in [-0.25, -0.2) is 0 Å². The summed E-state index contributed by atoms with van der Waals surface area (Å²) in [6.45, 7) is 3.94. The van der Waals surface area contributed by atoms with Crippen molar-refractivity contribution in [3.8, 4) is 11.1 Å². The van der Waals surface area contributed by atoms with E-state index in [4.69, 9.17) is 0 Å². The summed E-state index contributed by atoms with van der Waals surface area (Å²) in [4.78, 5) is 27.3. The molecule has 1 atom stereocenters. The number of carbonyl (C=O) groups excluding carboxylic acids is 2. The van der Waals surface area contributed by atoms with E-state index in [2.05, 4.69) is 25.9 Å². The second-order valence-electron chi connectivity index (χ2n) is 9.47. The number of amides is 2. The Balaban J connectivity index is 1.49. The van der Waals surface area contributed by atoms with Crippen molar-refractivity contribution in [1.29, 1.82) is 0 Å². The third-order valence-corrected chi connectivity index (χ3v) is 6.84. The first-order valence-corrected chi connectivity index (χ1v) is 12.7. The third kappa shape index (κ3) is 5.50. The summed E-state index contributed by atoms with van der Waals surface area (Å²) in [5, 5.41) is 17.4. The number of aromatic amines is 1. The monoisotopic (exact) mass is 518 g/mol. The van der Waals surface area contributed by atoms with Crippen molar-refractivity contribution in [2.24, 2.45) is 7.05 Å². The van der Waals surface area contributed by atoms with Crippen LogP contribution in [0.25, 0.3) is 11.1 Å². The van der Waals surface area contributed by atoms with Crippen LogP contribution < -0.4 is 10.6 Å². The van der Waals surface area contributed by atoms with Crippen molar-refractivity contribution in [2.75, 3.05) is 5.32 Å². The van der Waals surface area contributed by atoms with Crippen LogP contribution in [0, 0.1) is 13.8 Å². The van der Waals surface area contributed by atoms with Crippen LogP contribution in [0.4, 0.5) is 5.69 Å². The van der Waals surface area contributed by atoms with Crippen LogP contribution in [0.1, 0.15) is 38.9 Å². The quantitative estimate of drug-likeness (QED) is 0.269. The second-order valence-corrected chi connectivity index (χ2v) is 9.47. The molecule has 2 aromatic heterocycles. The standard InChI is InChI=1S/C31H30N6O2/c1-20-27(21(2)36-35-20)24-14-16-25(17-15-24)33-31(39)29(34-30(38)26-18-19-32-37(26)3)28(22-10-6-4-7-11-22)23-12-8-5-9-13-23/h4-19,28-29H,1-3H3,(H,33,39)(H,34,38)(H,35,36)/t29-/m0/s1. The first kappa shape index (κ1) is 25.7. The number of anilines is 1. The Labute approximate surface area is 227 Å². The number of nitrogens with zero attached hydrogens (tertiary/aromatic N) is 3. The van der Waals surface area contributed by atoms with Gasteiger partial charge in [0.05, 0.1) is 5.69 Å². The summed E-state index contributed by atoms with van der Waals surface area (Å²) in [6.07, 6.45) is 1.56. The van der Waals surface area contributed by atoms with E-state index in [0.717, 1.165) is 33.6 Å². The normalized spacial score (nSPS) is 11.8. The van der Waals surface area contributed by atoms with Crippen LogP contribution in [0.5, 0.6) is 0 Å². The van der Waals surface area contributed by atoms with Crippen molar-refractivity contribution in [3.05, 3.63) is 125 Å². The van der Waals surface area contributed by atoms with Crippen molar-refractivity contribution < 1.29 is 9.59 Å². The Morgan fingerprint density at radius 1 is 0.846 bits per heavy atom. The first-order chi connectivity index (χ1) is 18.9. The van der Waals surface area contributed by atoms with Crippen LogP contribution in [-0.4, -0.2) is 37.8 Å². The largest absolute Gasteiger partial charge is 0.338 e. The molecule has 0 unspecified atom stereocenters. The van der Waals surface area contributed by atoms with Crippen LogP contribution in [-0.2, 0) is 11.8 Å². The zero-order chi connectivity index (χ0) is 27.4. The van der Waals surface area contributed by atoms with E-state index >= 15 is 0 Å². The van der Waals surface area contributed by atoms with Crippen LogP contribution >= 0.6 is 0 Å². The van der Waals surface area contributed by atoms with E-state index in [-0.39, 0.29) is 11.8 Å².